The molecule has 146 valence electrons. The molecule has 0 aliphatic carbocycles. The molecule has 0 atom stereocenters. The maximum absolute atomic E-state index is 13.3. The normalized spacial score (nSPS) is 14.2. The monoisotopic (exact) mass is 443 g/mol. The second kappa shape index (κ2) is 8.11. The number of anilines is 1. The van der Waals surface area contributed by atoms with Gasteiger partial charge in [0.05, 0.1) is 38.2 Å². The van der Waals surface area contributed by atoms with Crippen LogP contribution in [0, 0.1) is 6.92 Å². The van der Waals surface area contributed by atoms with Crippen LogP contribution in [0.3, 0.4) is 0 Å². The van der Waals surface area contributed by atoms with Crippen molar-refractivity contribution in [2.24, 2.45) is 0 Å². The molecule has 1 aliphatic rings. The molecule has 29 heavy (non-hydrogen) atoms. The quantitative estimate of drug-likeness (QED) is 0.446. The first-order valence-corrected chi connectivity index (χ1v) is 10.5. The minimum atomic E-state index is -0.426. The van der Waals surface area contributed by atoms with Gasteiger partial charge in [-0.25, -0.2) is 4.90 Å². The van der Waals surface area contributed by atoms with Crippen LogP contribution < -0.4 is 4.90 Å². The van der Waals surface area contributed by atoms with Crippen LogP contribution in [0.4, 0.5) is 5.69 Å². The SMILES string of the molecule is Cc1ccc(C2=C(SCc3ccco3)C(=O)N(c3cccc(Cl)c3Cl)C2=O)cc1. The topological polar surface area (TPSA) is 50.5 Å². The Kier molecular flexibility index (Phi) is 5.54. The molecule has 0 saturated carbocycles. The highest BCUT2D eigenvalue weighted by Gasteiger charge is 2.41. The zero-order valence-electron chi connectivity index (χ0n) is 15.3. The molecule has 0 spiro atoms. The van der Waals surface area contributed by atoms with Gasteiger partial charge in [0.15, 0.2) is 0 Å². The summed E-state index contributed by atoms with van der Waals surface area (Å²) >= 11 is 13.7. The first kappa shape index (κ1) is 19.8. The number of furan rings is 1. The van der Waals surface area contributed by atoms with Crippen LogP contribution >= 0.6 is 35.0 Å². The lowest BCUT2D eigenvalue weighted by atomic mass is 10.0. The number of halogens is 2. The molecule has 0 radical (unpaired) electrons. The highest BCUT2D eigenvalue weighted by atomic mass is 35.5. The van der Waals surface area contributed by atoms with Crippen LogP contribution in [0.2, 0.25) is 10.0 Å². The molecule has 1 aromatic heterocycles. The van der Waals surface area contributed by atoms with Gasteiger partial charge in [-0.3, -0.25) is 9.59 Å². The van der Waals surface area contributed by atoms with E-state index in [0.717, 1.165) is 10.5 Å². The molecule has 4 nitrogen and oxygen atoms in total. The zero-order valence-corrected chi connectivity index (χ0v) is 17.6. The number of benzene rings is 2. The Morgan fingerprint density at radius 3 is 2.41 bits per heavy atom. The predicted octanol–water partition coefficient (Wildman–Crippen LogP) is 6.11. The van der Waals surface area contributed by atoms with E-state index >= 15 is 0 Å². The lowest BCUT2D eigenvalue weighted by Gasteiger charge is -2.17. The second-order valence-electron chi connectivity index (χ2n) is 6.46. The standard InChI is InChI=1S/C22H15Cl2NO3S/c1-13-7-9-14(10-8-13)18-20(29-12-15-4-3-11-28-15)22(27)25(21(18)26)17-6-2-5-16(23)19(17)24/h2-11H,12H2,1H3. The third kappa shape index (κ3) is 3.73. The molecule has 7 heteroatoms. The summed E-state index contributed by atoms with van der Waals surface area (Å²) in [4.78, 5) is 28.1. The van der Waals surface area contributed by atoms with Crippen molar-refractivity contribution in [1.29, 1.82) is 0 Å². The van der Waals surface area contributed by atoms with Gasteiger partial charge in [0, 0.05) is 0 Å². The maximum atomic E-state index is 13.3. The molecule has 2 heterocycles. The van der Waals surface area contributed by atoms with Crippen molar-refractivity contribution >= 4 is 58.0 Å². The minimum Gasteiger partial charge on any atom is -0.468 e. The summed E-state index contributed by atoms with van der Waals surface area (Å²) in [5, 5.41) is 0.440. The average molecular weight is 444 g/mol. The first-order chi connectivity index (χ1) is 14.0. The summed E-state index contributed by atoms with van der Waals surface area (Å²) in [5.41, 5.74) is 2.36. The summed E-state index contributed by atoms with van der Waals surface area (Å²) in [6, 6.07) is 16.0. The van der Waals surface area contributed by atoms with Gasteiger partial charge in [0.1, 0.15) is 5.76 Å². The Labute approximate surface area is 182 Å². The number of rotatable bonds is 5. The lowest BCUT2D eigenvalue weighted by Crippen LogP contribution is -2.31. The van der Waals surface area contributed by atoms with Crippen LogP contribution in [-0.2, 0) is 15.3 Å². The fraction of sp³-hybridized carbons (Fsp3) is 0.0909. The maximum Gasteiger partial charge on any atom is 0.272 e. The van der Waals surface area contributed by atoms with Crippen LogP contribution in [0.25, 0.3) is 5.57 Å². The summed E-state index contributed by atoms with van der Waals surface area (Å²) in [6.45, 7) is 1.96. The number of nitrogens with zero attached hydrogens (tertiary/aromatic N) is 1. The van der Waals surface area contributed by atoms with Crippen LogP contribution in [0.15, 0.2) is 70.2 Å². The lowest BCUT2D eigenvalue weighted by molar-refractivity contribution is -0.119. The number of aryl methyl sites for hydroxylation is 1. The summed E-state index contributed by atoms with van der Waals surface area (Å²) < 4.78 is 5.37. The Hall–Kier alpha value is -2.47. The van der Waals surface area contributed by atoms with Crippen LogP contribution in [0.1, 0.15) is 16.9 Å². The fourth-order valence-electron chi connectivity index (χ4n) is 3.04. The molecule has 2 amide bonds. The number of carbonyl (C=O) groups excluding carboxylic acids is 2. The van der Waals surface area contributed by atoms with E-state index in [-0.39, 0.29) is 15.7 Å². The van der Waals surface area contributed by atoms with Crippen molar-refractivity contribution in [2.75, 3.05) is 4.90 Å². The Balaban J connectivity index is 1.78. The van der Waals surface area contributed by atoms with E-state index in [4.69, 9.17) is 27.6 Å². The van der Waals surface area contributed by atoms with E-state index in [1.807, 2.05) is 37.3 Å². The number of hydrogen-bond acceptors (Lipinski definition) is 4. The third-order valence-electron chi connectivity index (χ3n) is 4.49. The third-order valence-corrected chi connectivity index (χ3v) is 6.40. The minimum absolute atomic E-state index is 0.163. The van der Waals surface area contributed by atoms with E-state index in [0.29, 0.717) is 27.6 Å². The fourth-order valence-corrected chi connectivity index (χ4v) is 4.44. The van der Waals surface area contributed by atoms with Gasteiger partial charge >= 0.3 is 0 Å². The molecule has 1 aliphatic heterocycles. The Bertz CT molecular complexity index is 1120. The Morgan fingerprint density at radius 2 is 1.72 bits per heavy atom. The van der Waals surface area contributed by atoms with E-state index in [1.165, 1.54) is 11.8 Å². The van der Waals surface area contributed by atoms with Crippen LogP contribution in [-0.4, -0.2) is 11.8 Å². The summed E-state index contributed by atoms with van der Waals surface area (Å²) in [7, 11) is 0. The largest absolute Gasteiger partial charge is 0.468 e. The number of hydrogen-bond donors (Lipinski definition) is 0. The zero-order chi connectivity index (χ0) is 20.5. The molecular weight excluding hydrogens is 429 g/mol. The smallest absolute Gasteiger partial charge is 0.272 e. The molecule has 0 N–H and O–H groups in total. The van der Waals surface area contributed by atoms with Gasteiger partial charge in [0.2, 0.25) is 0 Å². The molecule has 0 bridgehead atoms. The molecular formula is C22H15Cl2NO3S. The molecule has 0 saturated heterocycles. The van der Waals surface area contributed by atoms with E-state index in [2.05, 4.69) is 0 Å². The van der Waals surface area contributed by atoms with Gasteiger partial charge in [0.25, 0.3) is 11.8 Å². The van der Waals surface area contributed by atoms with Crippen molar-refractivity contribution < 1.29 is 14.0 Å². The van der Waals surface area contributed by atoms with Crippen molar-refractivity contribution in [3.05, 3.63) is 92.7 Å². The van der Waals surface area contributed by atoms with Crippen molar-refractivity contribution in [3.8, 4) is 0 Å². The van der Waals surface area contributed by atoms with Gasteiger partial charge in [-0.05, 0) is 36.8 Å². The average Bonchev–Trinajstić information content (AvgIpc) is 3.30. The first-order valence-electron chi connectivity index (χ1n) is 8.76. The van der Waals surface area contributed by atoms with Gasteiger partial charge in [-0.1, -0.05) is 59.1 Å². The van der Waals surface area contributed by atoms with E-state index in [9.17, 15) is 9.59 Å². The Morgan fingerprint density at radius 1 is 0.966 bits per heavy atom. The number of thioether (sulfide) groups is 1. The van der Waals surface area contributed by atoms with Gasteiger partial charge in [-0.15, -0.1) is 11.8 Å². The molecule has 3 aromatic rings. The molecule has 0 unspecified atom stereocenters. The van der Waals surface area contributed by atoms with E-state index < -0.39 is 11.8 Å². The highest BCUT2D eigenvalue weighted by molar-refractivity contribution is 8.03. The summed E-state index contributed by atoms with van der Waals surface area (Å²) in [6.07, 6.45) is 1.57. The predicted molar refractivity (Wildman–Crippen MR) is 117 cm³/mol. The van der Waals surface area contributed by atoms with Crippen molar-refractivity contribution in [3.63, 3.8) is 0 Å². The molecule has 4 rings (SSSR count). The summed E-state index contributed by atoms with van der Waals surface area (Å²) in [5.74, 6) is 0.287. The molecule has 2 aromatic carbocycles. The number of carbonyl (C=O) groups is 2. The van der Waals surface area contributed by atoms with Gasteiger partial charge in [-0.2, -0.15) is 0 Å². The van der Waals surface area contributed by atoms with Gasteiger partial charge < -0.3 is 4.42 Å². The molecule has 0 fully saturated rings. The number of imide groups is 1. The highest BCUT2D eigenvalue weighted by Crippen LogP contribution is 2.42. The van der Waals surface area contributed by atoms with E-state index in [1.54, 1.807) is 30.5 Å². The van der Waals surface area contributed by atoms with Crippen molar-refractivity contribution in [1.82, 2.24) is 0 Å². The van der Waals surface area contributed by atoms with Crippen LogP contribution in [0.5, 0.6) is 0 Å². The second-order valence-corrected chi connectivity index (χ2v) is 8.23. The van der Waals surface area contributed by atoms with Crippen molar-refractivity contribution in [2.45, 2.75) is 12.7 Å². The number of amides is 2.